The van der Waals surface area contributed by atoms with Gasteiger partial charge in [0.2, 0.25) is 5.91 Å². The first kappa shape index (κ1) is 24.6. The number of methoxy groups -OCH3 is 2. The van der Waals surface area contributed by atoms with Crippen LogP contribution in [0.25, 0.3) is 22.8 Å². The van der Waals surface area contributed by atoms with Crippen molar-refractivity contribution in [2.75, 3.05) is 45.3 Å². The SMILES string of the molecule is COc1ccc(-c2nc(-c3ccc(OC)cc3)n(CC(=O)N3CCN(c4ccc(Cl)cn4)CC3)n2)cc1. The van der Waals surface area contributed by atoms with Gasteiger partial charge >= 0.3 is 0 Å². The Kier molecular flexibility index (Phi) is 7.23. The topological polar surface area (TPSA) is 85.6 Å². The Morgan fingerprint density at radius 1 is 0.865 bits per heavy atom. The summed E-state index contributed by atoms with van der Waals surface area (Å²) in [5.74, 6) is 3.50. The molecule has 1 amide bonds. The van der Waals surface area contributed by atoms with E-state index in [1.54, 1.807) is 25.1 Å². The third-order valence-electron chi connectivity index (χ3n) is 6.32. The molecule has 1 fully saturated rings. The van der Waals surface area contributed by atoms with Crippen LogP contribution in [0.5, 0.6) is 11.5 Å². The molecule has 2 aromatic carbocycles. The fourth-order valence-corrected chi connectivity index (χ4v) is 4.35. The van der Waals surface area contributed by atoms with Crippen molar-refractivity contribution in [2.24, 2.45) is 0 Å². The van der Waals surface area contributed by atoms with Crippen molar-refractivity contribution in [3.63, 3.8) is 0 Å². The molecule has 0 aliphatic carbocycles. The van der Waals surface area contributed by atoms with Crippen molar-refractivity contribution >= 4 is 23.3 Å². The molecule has 5 rings (SSSR count). The second-order valence-electron chi connectivity index (χ2n) is 8.58. The van der Waals surface area contributed by atoms with Gasteiger partial charge in [-0.15, -0.1) is 5.10 Å². The lowest BCUT2D eigenvalue weighted by atomic mass is 10.2. The molecule has 9 nitrogen and oxygen atoms in total. The monoisotopic (exact) mass is 518 g/mol. The summed E-state index contributed by atoms with van der Waals surface area (Å²) in [5, 5.41) is 5.32. The van der Waals surface area contributed by atoms with E-state index in [0.717, 1.165) is 28.4 Å². The zero-order valence-corrected chi connectivity index (χ0v) is 21.4. The second-order valence-corrected chi connectivity index (χ2v) is 9.01. The quantitative estimate of drug-likeness (QED) is 0.365. The molecular weight excluding hydrogens is 492 g/mol. The van der Waals surface area contributed by atoms with Gasteiger partial charge in [-0.25, -0.2) is 14.6 Å². The van der Waals surface area contributed by atoms with Gasteiger partial charge in [0.05, 0.1) is 19.2 Å². The van der Waals surface area contributed by atoms with Crippen LogP contribution in [0.1, 0.15) is 0 Å². The van der Waals surface area contributed by atoms with Crippen LogP contribution in [0.2, 0.25) is 5.02 Å². The predicted octanol–water partition coefficient (Wildman–Crippen LogP) is 4.03. The maximum atomic E-state index is 13.3. The van der Waals surface area contributed by atoms with E-state index in [1.165, 1.54) is 0 Å². The van der Waals surface area contributed by atoms with Crippen molar-refractivity contribution in [3.05, 3.63) is 71.9 Å². The zero-order valence-electron chi connectivity index (χ0n) is 20.7. The van der Waals surface area contributed by atoms with Gasteiger partial charge in [-0.05, 0) is 60.7 Å². The minimum atomic E-state index is -0.00958. The van der Waals surface area contributed by atoms with Gasteiger partial charge in [0.1, 0.15) is 23.9 Å². The van der Waals surface area contributed by atoms with Crippen LogP contribution >= 0.6 is 11.6 Å². The molecule has 37 heavy (non-hydrogen) atoms. The van der Waals surface area contributed by atoms with Crippen LogP contribution in [-0.4, -0.2) is 71.0 Å². The first-order chi connectivity index (χ1) is 18.0. The van der Waals surface area contributed by atoms with Crippen molar-refractivity contribution in [1.29, 1.82) is 0 Å². The average molecular weight is 519 g/mol. The smallest absolute Gasteiger partial charge is 0.244 e. The molecule has 0 bridgehead atoms. The van der Waals surface area contributed by atoms with Gasteiger partial charge < -0.3 is 19.3 Å². The molecule has 1 aliphatic heterocycles. The molecule has 0 N–H and O–H groups in total. The Morgan fingerprint density at radius 2 is 1.49 bits per heavy atom. The van der Waals surface area contributed by atoms with E-state index >= 15 is 0 Å². The number of hydrogen-bond acceptors (Lipinski definition) is 7. The Balaban J connectivity index is 1.35. The van der Waals surface area contributed by atoms with E-state index in [1.807, 2.05) is 65.6 Å². The van der Waals surface area contributed by atoms with E-state index in [9.17, 15) is 4.79 Å². The molecule has 0 saturated carbocycles. The summed E-state index contributed by atoms with van der Waals surface area (Å²) < 4.78 is 12.2. The number of piperazine rings is 1. The lowest BCUT2D eigenvalue weighted by Crippen LogP contribution is -2.50. The number of carbonyl (C=O) groups excluding carboxylic acids is 1. The van der Waals surface area contributed by atoms with Crippen molar-refractivity contribution in [1.82, 2.24) is 24.6 Å². The van der Waals surface area contributed by atoms with Gasteiger partial charge in [-0.2, -0.15) is 0 Å². The number of carbonyl (C=O) groups is 1. The van der Waals surface area contributed by atoms with Gasteiger partial charge in [-0.3, -0.25) is 4.79 Å². The standard InChI is InChI=1S/C27H27ClN6O3/c1-36-22-8-3-19(4-9-22)26-30-27(20-5-10-23(37-2)11-6-20)34(31-26)18-25(35)33-15-13-32(14-16-33)24-12-7-21(28)17-29-24/h3-12,17H,13-16,18H2,1-2H3. The molecule has 1 aliphatic rings. The highest BCUT2D eigenvalue weighted by Crippen LogP contribution is 2.26. The van der Waals surface area contributed by atoms with E-state index in [4.69, 9.17) is 31.2 Å². The normalized spacial score (nSPS) is 13.5. The lowest BCUT2D eigenvalue weighted by Gasteiger charge is -2.35. The highest BCUT2D eigenvalue weighted by Gasteiger charge is 2.24. The maximum Gasteiger partial charge on any atom is 0.244 e. The molecule has 0 spiro atoms. The van der Waals surface area contributed by atoms with Gasteiger partial charge in [-0.1, -0.05) is 11.6 Å². The molecular formula is C27H27ClN6O3. The number of halogens is 1. The van der Waals surface area contributed by atoms with Crippen LogP contribution in [0.15, 0.2) is 66.9 Å². The Morgan fingerprint density at radius 3 is 2.05 bits per heavy atom. The third-order valence-corrected chi connectivity index (χ3v) is 6.54. The highest BCUT2D eigenvalue weighted by atomic mass is 35.5. The zero-order chi connectivity index (χ0) is 25.8. The predicted molar refractivity (Wildman–Crippen MR) is 142 cm³/mol. The fourth-order valence-electron chi connectivity index (χ4n) is 4.24. The summed E-state index contributed by atoms with van der Waals surface area (Å²) in [7, 11) is 3.25. The molecule has 190 valence electrons. The van der Waals surface area contributed by atoms with E-state index < -0.39 is 0 Å². The molecule has 10 heteroatoms. The number of aromatic nitrogens is 4. The summed E-state index contributed by atoms with van der Waals surface area (Å²) in [4.78, 5) is 26.5. The van der Waals surface area contributed by atoms with Gasteiger partial charge in [0.15, 0.2) is 11.6 Å². The summed E-state index contributed by atoms with van der Waals surface area (Å²) in [5.41, 5.74) is 1.69. The number of rotatable bonds is 7. The van der Waals surface area contributed by atoms with Crippen molar-refractivity contribution < 1.29 is 14.3 Å². The van der Waals surface area contributed by atoms with Crippen LogP contribution in [0.3, 0.4) is 0 Å². The average Bonchev–Trinajstić information content (AvgIpc) is 3.37. The summed E-state index contributed by atoms with van der Waals surface area (Å²) in [6, 6.07) is 18.8. The van der Waals surface area contributed by atoms with E-state index in [0.29, 0.717) is 42.9 Å². The second kappa shape index (κ2) is 10.9. The summed E-state index contributed by atoms with van der Waals surface area (Å²) in [6.45, 7) is 2.67. The number of amides is 1. The summed E-state index contributed by atoms with van der Waals surface area (Å²) in [6.07, 6.45) is 1.64. The Labute approximate surface area is 220 Å². The number of pyridine rings is 1. The lowest BCUT2D eigenvalue weighted by molar-refractivity contribution is -0.132. The molecule has 0 atom stereocenters. The van der Waals surface area contributed by atoms with Gasteiger partial charge in [0, 0.05) is 43.5 Å². The number of hydrogen-bond donors (Lipinski definition) is 0. The Bertz CT molecular complexity index is 1350. The molecule has 1 saturated heterocycles. The fraction of sp³-hybridized carbons (Fsp3) is 0.259. The van der Waals surface area contributed by atoms with Crippen molar-refractivity contribution in [2.45, 2.75) is 6.54 Å². The number of nitrogens with zero attached hydrogens (tertiary/aromatic N) is 6. The van der Waals surface area contributed by atoms with E-state index in [-0.39, 0.29) is 12.5 Å². The maximum absolute atomic E-state index is 13.3. The molecule has 3 heterocycles. The first-order valence-electron chi connectivity index (χ1n) is 11.9. The number of benzene rings is 2. The number of anilines is 1. The molecule has 4 aromatic rings. The minimum absolute atomic E-state index is 0.00958. The van der Waals surface area contributed by atoms with Crippen molar-refractivity contribution in [3.8, 4) is 34.3 Å². The largest absolute Gasteiger partial charge is 0.497 e. The van der Waals surface area contributed by atoms with Gasteiger partial charge in [0.25, 0.3) is 0 Å². The minimum Gasteiger partial charge on any atom is -0.497 e. The highest BCUT2D eigenvalue weighted by molar-refractivity contribution is 6.30. The molecule has 0 radical (unpaired) electrons. The first-order valence-corrected chi connectivity index (χ1v) is 12.3. The molecule has 2 aromatic heterocycles. The summed E-state index contributed by atoms with van der Waals surface area (Å²) >= 11 is 5.96. The van der Waals surface area contributed by atoms with E-state index in [2.05, 4.69) is 9.88 Å². The van der Waals surface area contributed by atoms with Crippen LogP contribution in [0, 0.1) is 0 Å². The van der Waals surface area contributed by atoms with Crippen LogP contribution < -0.4 is 14.4 Å². The number of ether oxygens (including phenoxy) is 2. The van der Waals surface area contributed by atoms with Crippen LogP contribution in [-0.2, 0) is 11.3 Å². The molecule has 0 unspecified atom stereocenters. The third kappa shape index (κ3) is 5.51. The van der Waals surface area contributed by atoms with Crippen LogP contribution in [0.4, 0.5) is 5.82 Å². The Hall–Kier alpha value is -4.11.